The van der Waals surface area contributed by atoms with Gasteiger partial charge in [0.15, 0.2) is 5.96 Å². The number of likely N-dealkylation sites (tertiary alicyclic amines) is 1. The van der Waals surface area contributed by atoms with Gasteiger partial charge >= 0.3 is 6.09 Å². The number of rotatable bonds is 5. The van der Waals surface area contributed by atoms with E-state index in [1.165, 1.54) is 18.2 Å². The van der Waals surface area contributed by atoms with Gasteiger partial charge in [0.05, 0.1) is 7.11 Å². The smallest absolute Gasteiger partial charge is 0.409 e. The zero-order valence-electron chi connectivity index (χ0n) is 16.8. The normalized spacial score (nSPS) is 16.3. The SMILES string of the molecule is CCNC(=NCC(C)c1ccc(C)cc1)NC1CCN(C(=O)OC)CC1.I. The van der Waals surface area contributed by atoms with E-state index in [4.69, 9.17) is 9.73 Å². The first kappa shape index (κ1) is 23.5. The Labute approximate surface area is 180 Å². The van der Waals surface area contributed by atoms with Crippen molar-refractivity contribution in [3.63, 3.8) is 0 Å². The zero-order chi connectivity index (χ0) is 18.9. The summed E-state index contributed by atoms with van der Waals surface area (Å²) in [4.78, 5) is 18.1. The molecule has 0 saturated carbocycles. The third-order valence-corrected chi connectivity index (χ3v) is 4.78. The Bertz CT molecular complexity index is 599. The third kappa shape index (κ3) is 7.56. The van der Waals surface area contributed by atoms with Gasteiger partial charge in [-0.15, -0.1) is 24.0 Å². The first-order valence-electron chi connectivity index (χ1n) is 9.47. The minimum Gasteiger partial charge on any atom is -0.453 e. The molecule has 2 N–H and O–H groups in total. The van der Waals surface area contributed by atoms with Gasteiger partial charge in [-0.3, -0.25) is 4.99 Å². The number of piperidine rings is 1. The van der Waals surface area contributed by atoms with Gasteiger partial charge in [0.1, 0.15) is 0 Å². The van der Waals surface area contributed by atoms with Crippen LogP contribution in [0.3, 0.4) is 0 Å². The lowest BCUT2D eigenvalue weighted by Crippen LogP contribution is -2.49. The van der Waals surface area contributed by atoms with Gasteiger partial charge < -0.3 is 20.3 Å². The van der Waals surface area contributed by atoms with E-state index in [0.717, 1.165) is 31.9 Å². The number of aryl methyl sites for hydroxylation is 1. The van der Waals surface area contributed by atoms with Crippen LogP contribution in [0.5, 0.6) is 0 Å². The van der Waals surface area contributed by atoms with Crippen LogP contribution in [0.2, 0.25) is 0 Å². The average Bonchev–Trinajstić information content (AvgIpc) is 2.66. The van der Waals surface area contributed by atoms with Crippen molar-refractivity contribution in [2.45, 2.75) is 45.6 Å². The molecule has 1 fully saturated rings. The number of carbonyl (C=O) groups is 1. The Hall–Kier alpha value is -1.51. The summed E-state index contributed by atoms with van der Waals surface area (Å²) >= 11 is 0. The summed E-state index contributed by atoms with van der Waals surface area (Å²) in [6, 6.07) is 8.97. The summed E-state index contributed by atoms with van der Waals surface area (Å²) in [6.45, 7) is 9.36. The van der Waals surface area contributed by atoms with Gasteiger partial charge in [-0.05, 0) is 32.3 Å². The zero-order valence-corrected chi connectivity index (χ0v) is 19.2. The van der Waals surface area contributed by atoms with Crippen molar-refractivity contribution in [3.05, 3.63) is 35.4 Å². The van der Waals surface area contributed by atoms with Gasteiger partial charge in [0.2, 0.25) is 0 Å². The summed E-state index contributed by atoms with van der Waals surface area (Å²) in [6.07, 6.45) is 1.55. The molecule has 1 aliphatic rings. The number of nitrogens with zero attached hydrogens (tertiary/aromatic N) is 2. The lowest BCUT2D eigenvalue weighted by atomic mass is 10.0. The van der Waals surface area contributed by atoms with Crippen LogP contribution in [0.25, 0.3) is 0 Å². The van der Waals surface area contributed by atoms with Crippen molar-refractivity contribution >= 4 is 36.0 Å². The second-order valence-electron chi connectivity index (χ2n) is 6.91. The summed E-state index contributed by atoms with van der Waals surface area (Å²) < 4.78 is 4.79. The van der Waals surface area contributed by atoms with E-state index in [2.05, 4.69) is 55.7 Å². The number of amides is 1. The molecule has 27 heavy (non-hydrogen) atoms. The number of hydrogen-bond acceptors (Lipinski definition) is 3. The number of guanidine groups is 1. The van der Waals surface area contributed by atoms with Crippen LogP contribution in [0.1, 0.15) is 43.7 Å². The quantitative estimate of drug-likeness (QED) is 0.379. The molecule has 1 aliphatic heterocycles. The summed E-state index contributed by atoms with van der Waals surface area (Å²) in [5, 5.41) is 6.84. The topological polar surface area (TPSA) is 66.0 Å². The van der Waals surface area contributed by atoms with Crippen molar-refractivity contribution in [1.82, 2.24) is 15.5 Å². The molecule has 2 rings (SSSR count). The van der Waals surface area contributed by atoms with Crippen molar-refractivity contribution in [1.29, 1.82) is 0 Å². The van der Waals surface area contributed by atoms with E-state index in [9.17, 15) is 4.79 Å². The Morgan fingerprint density at radius 2 is 1.93 bits per heavy atom. The van der Waals surface area contributed by atoms with E-state index < -0.39 is 0 Å². The van der Waals surface area contributed by atoms with Crippen LogP contribution in [-0.4, -0.2) is 56.3 Å². The first-order chi connectivity index (χ1) is 12.5. The van der Waals surface area contributed by atoms with Gasteiger partial charge in [-0.2, -0.15) is 0 Å². The number of halogens is 1. The number of aliphatic imine (C=N–C) groups is 1. The molecule has 1 unspecified atom stereocenters. The van der Waals surface area contributed by atoms with E-state index >= 15 is 0 Å². The first-order valence-corrected chi connectivity index (χ1v) is 9.47. The molecule has 1 saturated heterocycles. The number of carbonyl (C=O) groups excluding carboxylic acids is 1. The van der Waals surface area contributed by atoms with E-state index in [-0.39, 0.29) is 30.1 Å². The molecule has 1 aromatic carbocycles. The summed E-state index contributed by atoms with van der Waals surface area (Å²) in [5.41, 5.74) is 2.58. The Morgan fingerprint density at radius 3 is 2.48 bits per heavy atom. The van der Waals surface area contributed by atoms with Gasteiger partial charge in [-0.25, -0.2) is 4.79 Å². The highest BCUT2D eigenvalue weighted by molar-refractivity contribution is 14.0. The molecule has 0 radical (unpaired) electrons. The highest BCUT2D eigenvalue weighted by atomic mass is 127. The summed E-state index contributed by atoms with van der Waals surface area (Å²) in [5.74, 6) is 1.22. The minimum atomic E-state index is -0.240. The van der Waals surface area contributed by atoms with Crippen molar-refractivity contribution in [3.8, 4) is 0 Å². The molecule has 0 aromatic heterocycles. The highest BCUT2D eigenvalue weighted by Crippen LogP contribution is 2.16. The van der Waals surface area contributed by atoms with Crippen molar-refractivity contribution in [2.75, 3.05) is 33.3 Å². The van der Waals surface area contributed by atoms with Crippen LogP contribution >= 0.6 is 24.0 Å². The number of ether oxygens (including phenoxy) is 1. The van der Waals surface area contributed by atoms with Crippen LogP contribution in [0, 0.1) is 6.92 Å². The molecule has 1 aromatic rings. The second-order valence-corrected chi connectivity index (χ2v) is 6.91. The number of methoxy groups -OCH3 is 1. The molecule has 1 amide bonds. The molecular formula is C20H33IN4O2. The molecule has 0 bridgehead atoms. The standard InChI is InChI=1S/C20H32N4O2.HI/c1-5-21-19(22-14-16(3)17-8-6-15(2)7-9-17)23-18-10-12-24(13-11-18)20(25)26-4;/h6-9,16,18H,5,10-14H2,1-4H3,(H2,21,22,23);1H. The predicted octanol–water partition coefficient (Wildman–Crippen LogP) is 3.50. The maximum absolute atomic E-state index is 11.6. The van der Waals surface area contributed by atoms with Crippen molar-refractivity contribution in [2.24, 2.45) is 4.99 Å². The number of hydrogen-bond donors (Lipinski definition) is 2. The number of benzene rings is 1. The Kier molecular flexibility index (Phi) is 10.5. The fourth-order valence-corrected chi connectivity index (χ4v) is 3.08. The van der Waals surface area contributed by atoms with Crippen LogP contribution in [0.4, 0.5) is 4.79 Å². The van der Waals surface area contributed by atoms with E-state index in [1.807, 2.05) is 0 Å². The van der Waals surface area contributed by atoms with Gasteiger partial charge in [-0.1, -0.05) is 36.8 Å². The lowest BCUT2D eigenvalue weighted by Gasteiger charge is -2.32. The second kappa shape index (κ2) is 12.0. The summed E-state index contributed by atoms with van der Waals surface area (Å²) in [7, 11) is 1.43. The molecule has 0 aliphatic carbocycles. The molecular weight excluding hydrogens is 455 g/mol. The third-order valence-electron chi connectivity index (χ3n) is 4.78. The van der Waals surface area contributed by atoms with Gasteiger partial charge in [0.25, 0.3) is 0 Å². The van der Waals surface area contributed by atoms with Gasteiger partial charge in [0, 0.05) is 38.1 Å². The monoisotopic (exact) mass is 488 g/mol. The van der Waals surface area contributed by atoms with E-state index in [1.54, 1.807) is 4.90 Å². The maximum Gasteiger partial charge on any atom is 0.409 e. The average molecular weight is 488 g/mol. The lowest BCUT2D eigenvalue weighted by molar-refractivity contribution is 0.111. The minimum absolute atomic E-state index is 0. The fourth-order valence-electron chi connectivity index (χ4n) is 3.08. The largest absolute Gasteiger partial charge is 0.453 e. The van der Waals surface area contributed by atoms with E-state index in [0.29, 0.717) is 25.0 Å². The Balaban J connectivity index is 0.00000364. The highest BCUT2D eigenvalue weighted by Gasteiger charge is 2.23. The molecule has 152 valence electrons. The fraction of sp³-hybridized carbons (Fsp3) is 0.600. The van der Waals surface area contributed by atoms with Crippen LogP contribution in [-0.2, 0) is 4.74 Å². The number of nitrogens with one attached hydrogen (secondary N) is 2. The molecule has 1 heterocycles. The van der Waals surface area contributed by atoms with Crippen molar-refractivity contribution < 1.29 is 9.53 Å². The predicted molar refractivity (Wildman–Crippen MR) is 121 cm³/mol. The maximum atomic E-state index is 11.6. The molecule has 7 heteroatoms. The molecule has 1 atom stereocenters. The van der Waals surface area contributed by atoms with Crippen LogP contribution < -0.4 is 10.6 Å². The Morgan fingerprint density at radius 1 is 1.30 bits per heavy atom. The van der Waals surface area contributed by atoms with Crippen LogP contribution in [0.15, 0.2) is 29.3 Å². The molecule has 0 spiro atoms. The molecule has 6 nitrogen and oxygen atoms in total.